The van der Waals surface area contributed by atoms with Gasteiger partial charge in [0.1, 0.15) is 11.6 Å². The minimum absolute atomic E-state index is 0.0640. The Morgan fingerprint density at radius 2 is 1.09 bits per heavy atom. The van der Waals surface area contributed by atoms with E-state index in [0.717, 1.165) is 77.9 Å². The molecule has 6 aromatic carbocycles. The van der Waals surface area contributed by atoms with Crippen molar-refractivity contribution in [3.8, 4) is 67.5 Å². The lowest BCUT2D eigenvalue weighted by molar-refractivity contribution is 0.413. The Kier molecular flexibility index (Phi) is 10.8. The van der Waals surface area contributed by atoms with E-state index in [9.17, 15) is 0 Å². The molecule has 4 heteroatoms. The molecule has 0 saturated carbocycles. The zero-order chi connectivity index (χ0) is 50.2. The van der Waals surface area contributed by atoms with Crippen LogP contribution in [0.25, 0.3) is 72.7 Å². The number of nitrogens with zero attached hydrogens (tertiary/aromatic N) is 3. The van der Waals surface area contributed by atoms with E-state index in [1.807, 2.05) is 29.8 Å². The maximum atomic E-state index is 9.13. The summed E-state index contributed by atoms with van der Waals surface area (Å²) in [5.41, 5.74) is 17.5. The molecule has 2 heterocycles. The van der Waals surface area contributed by atoms with Gasteiger partial charge in [0.15, 0.2) is 0 Å². The number of para-hydroxylation sites is 1. The van der Waals surface area contributed by atoms with Gasteiger partial charge in [-0.2, -0.15) is 0 Å². The second-order valence-corrected chi connectivity index (χ2v) is 22.4. The van der Waals surface area contributed by atoms with Gasteiger partial charge in [0.2, 0.25) is 0 Å². The molecular formula is C62H69N3O. The lowest BCUT2D eigenvalue weighted by Crippen LogP contribution is -2.16. The molecule has 0 aliphatic heterocycles. The molecule has 0 aliphatic rings. The molecule has 0 amide bonds. The summed E-state index contributed by atoms with van der Waals surface area (Å²) in [7, 11) is 1.68. The summed E-state index contributed by atoms with van der Waals surface area (Å²) in [5.74, 6) is 1.29. The molecule has 0 bridgehead atoms. The van der Waals surface area contributed by atoms with Crippen molar-refractivity contribution in [2.45, 2.75) is 125 Å². The number of benzene rings is 6. The number of fused-ring (bicyclic) bond motifs is 1. The van der Waals surface area contributed by atoms with Crippen molar-refractivity contribution in [1.29, 1.82) is 0 Å². The summed E-state index contributed by atoms with van der Waals surface area (Å²) in [6, 6.07) is 42.9. The zero-order valence-electron chi connectivity index (χ0n) is 44.9. The molecule has 2 aromatic heterocycles. The number of aromatic nitrogens is 3. The van der Waals surface area contributed by atoms with Crippen molar-refractivity contribution in [2.75, 3.05) is 7.11 Å². The van der Waals surface area contributed by atoms with Crippen LogP contribution in [-0.4, -0.2) is 21.6 Å². The van der Waals surface area contributed by atoms with Crippen molar-refractivity contribution in [2.24, 2.45) is 0 Å². The molecule has 0 aliphatic carbocycles. The minimum atomic E-state index is -2.47. The predicted molar refractivity (Wildman–Crippen MR) is 282 cm³/mol. The van der Waals surface area contributed by atoms with Crippen LogP contribution in [0.15, 0.2) is 128 Å². The molecule has 0 N–H and O–H groups in total. The second-order valence-electron chi connectivity index (χ2n) is 22.4. The van der Waals surface area contributed by atoms with Crippen molar-refractivity contribution in [1.82, 2.24) is 14.5 Å². The van der Waals surface area contributed by atoms with Gasteiger partial charge < -0.3 is 4.74 Å². The lowest BCUT2D eigenvalue weighted by atomic mass is 9.79. The van der Waals surface area contributed by atoms with Crippen molar-refractivity contribution in [3.05, 3.63) is 166 Å². The summed E-state index contributed by atoms with van der Waals surface area (Å²) in [6.45, 7) is 28.4. The van der Waals surface area contributed by atoms with Crippen LogP contribution in [0.1, 0.15) is 126 Å². The van der Waals surface area contributed by atoms with E-state index in [1.54, 1.807) is 7.11 Å². The molecule has 0 radical (unpaired) electrons. The van der Waals surface area contributed by atoms with Gasteiger partial charge in [0.05, 0.1) is 35.1 Å². The van der Waals surface area contributed by atoms with E-state index >= 15 is 0 Å². The Labute approximate surface area is 399 Å². The summed E-state index contributed by atoms with van der Waals surface area (Å²) >= 11 is 0. The Morgan fingerprint density at radius 1 is 0.500 bits per heavy atom. The summed E-state index contributed by atoms with van der Waals surface area (Å²) in [5, 5.41) is 0. The van der Waals surface area contributed by atoms with Gasteiger partial charge in [-0.25, -0.2) is 4.98 Å². The number of imidazole rings is 1. The molecule has 4 nitrogen and oxygen atoms in total. The van der Waals surface area contributed by atoms with Gasteiger partial charge in [-0.3, -0.25) is 9.55 Å². The third kappa shape index (κ3) is 9.12. The van der Waals surface area contributed by atoms with Gasteiger partial charge in [-0.05, 0) is 158 Å². The van der Waals surface area contributed by atoms with Crippen molar-refractivity contribution in [3.63, 3.8) is 0 Å². The maximum Gasteiger partial charge on any atom is 0.149 e. The van der Waals surface area contributed by atoms with Gasteiger partial charge in [-0.1, -0.05) is 156 Å². The molecule has 8 aromatic rings. The first kappa shape index (κ1) is 42.4. The second kappa shape index (κ2) is 16.9. The van der Waals surface area contributed by atoms with Gasteiger partial charge >= 0.3 is 0 Å². The molecule has 338 valence electrons. The Hall–Kier alpha value is -6.26. The molecule has 8 rings (SSSR count). The van der Waals surface area contributed by atoms with E-state index in [1.165, 1.54) is 16.7 Å². The highest BCUT2D eigenvalue weighted by molar-refractivity contribution is 5.97. The molecule has 0 saturated heterocycles. The van der Waals surface area contributed by atoms with Gasteiger partial charge in [0, 0.05) is 21.4 Å². The highest BCUT2D eigenvalue weighted by Gasteiger charge is 2.26. The zero-order valence-corrected chi connectivity index (χ0v) is 41.9. The highest BCUT2D eigenvalue weighted by atomic mass is 16.5. The fourth-order valence-corrected chi connectivity index (χ4v) is 9.01. The molecule has 66 heavy (non-hydrogen) atoms. The first-order valence-corrected chi connectivity index (χ1v) is 23.3. The number of aryl methyl sites for hydroxylation is 3. The summed E-state index contributed by atoms with van der Waals surface area (Å²) < 4.78 is 35.6. The van der Waals surface area contributed by atoms with Gasteiger partial charge in [-0.15, -0.1) is 0 Å². The quantitative estimate of drug-likeness (QED) is 0.160. The number of methoxy groups -OCH3 is 1. The van der Waals surface area contributed by atoms with Crippen LogP contribution in [0.4, 0.5) is 0 Å². The third-order valence-corrected chi connectivity index (χ3v) is 13.0. The SMILES string of the molecule is [2H]C([2H])([2H])c1cc(-c2cc(C(C)(C)C)cc(C(C)(C)C)c2)ccc1-n1c(-c2cc(C)cc(C)c2OC)nc2c(-c3cc(-c4cc(-c5ccc(C(C)(C)C)cc5)ccn4)cc(C(C)(C)C)c3)cccc21. The molecule has 0 unspecified atom stereocenters. The normalized spacial score (nSPS) is 13.4. The molecule has 0 atom stereocenters. The first-order chi connectivity index (χ1) is 32.1. The largest absolute Gasteiger partial charge is 0.496 e. The standard InChI is InChI=1S/C62H69N3O/c1-38-28-40(3)57(66-16)52(29-38)58-64-56-51(45-31-46(35-48(34-45)60(7,8)9)53-36-43(26-27-63-53)41-20-23-47(24-21-41)59(4,5)6)18-17-19-55(56)65(58)54-25-22-42(30-39(54)2)44-32-49(61(10,11)12)37-50(33-44)62(13,14)15/h17-37H,1-16H3/i2D3. The third-order valence-electron chi connectivity index (χ3n) is 13.0. The fraction of sp³-hybridized carbons (Fsp3) is 0.323. The van der Waals surface area contributed by atoms with E-state index in [4.69, 9.17) is 18.8 Å². The fourth-order valence-electron chi connectivity index (χ4n) is 9.01. The van der Waals surface area contributed by atoms with Crippen LogP contribution >= 0.6 is 0 Å². The minimum Gasteiger partial charge on any atom is -0.496 e. The Bertz CT molecular complexity index is 3200. The summed E-state index contributed by atoms with van der Waals surface area (Å²) in [6.07, 6.45) is 1.90. The lowest BCUT2D eigenvalue weighted by Gasteiger charge is -2.26. The molecule has 0 fully saturated rings. The van der Waals surface area contributed by atoms with E-state index < -0.39 is 6.85 Å². The van der Waals surface area contributed by atoms with Crippen LogP contribution in [0.3, 0.4) is 0 Å². The van der Waals surface area contributed by atoms with Crippen molar-refractivity contribution >= 4 is 11.0 Å². The number of pyridine rings is 1. The number of hydrogen-bond acceptors (Lipinski definition) is 3. The number of hydrogen-bond donors (Lipinski definition) is 0. The first-order valence-electron chi connectivity index (χ1n) is 24.8. The van der Waals surface area contributed by atoms with E-state index in [-0.39, 0.29) is 27.2 Å². The van der Waals surface area contributed by atoms with Gasteiger partial charge in [0.25, 0.3) is 0 Å². The average molecular weight is 875 g/mol. The average Bonchev–Trinajstić information content (AvgIpc) is 3.66. The summed E-state index contributed by atoms with van der Waals surface area (Å²) in [4.78, 5) is 10.5. The topological polar surface area (TPSA) is 39.9 Å². The smallest absolute Gasteiger partial charge is 0.149 e. The van der Waals surface area contributed by atoms with Crippen LogP contribution in [0.2, 0.25) is 0 Å². The maximum absolute atomic E-state index is 9.13. The van der Waals surface area contributed by atoms with Crippen LogP contribution < -0.4 is 4.74 Å². The van der Waals surface area contributed by atoms with Crippen molar-refractivity contribution < 1.29 is 8.85 Å². The van der Waals surface area contributed by atoms with Crippen LogP contribution in [0, 0.1) is 20.7 Å². The molecular weight excluding hydrogens is 803 g/mol. The Balaban J connectivity index is 1.38. The highest BCUT2D eigenvalue weighted by Crippen LogP contribution is 2.43. The number of rotatable bonds is 7. The predicted octanol–water partition coefficient (Wildman–Crippen LogP) is 16.9. The molecule has 0 spiro atoms. The van der Waals surface area contributed by atoms with Crippen LogP contribution in [0.5, 0.6) is 5.75 Å². The number of ether oxygens (including phenoxy) is 1. The van der Waals surface area contributed by atoms with E-state index in [0.29, 0.717) is 17.3 Å². The van der Waals surface area contributed by atoms with Crippen LogP contribution in [-0.2, 0) is 21.7 Å². The van der Waals surface area contributed by atoms with E-state index in [2.05, 4.69) is 199 Å². The monoisotopic (exact) mass is 875 g/mol. The Morgan fingerprint density at radius 3 is 1.71 bits per heavy atom.